The first-order valence-corrected chi connectivity index (χ1v) is 7.38. The van der Waals surface area contributed by atoms with Crippen LogP contribution in [0.15, 0.2) is 53.7 Å². The molecule has 7 heteroatoms. The number of Topliss-reactive ketones (excluding diaryl/α,β-unsaturated/α-hetero) is 1. The molecule has 0 spiro atoms. The summed E-state index contributed by atoms with van der Waals surface area (Å²) in [5, 5.41) is 3.99. The average molecular weight is 324 g/mol. The molecule has 0 aliphatic carbocycles. The van der Waals surface area contributed by atoms with Gasteiger partial charge in [0.25, 0.3) is 5.56 Å². The Morgan fingerprint density at radius 1 is 1.25 bits per heavy atom. The smallest absolute Gasteiger partial charge is 0.255 e. The molecule has 1 N–H and O–H groups in total. The van der Waals surface area contributed by atoms with Crippen molar-refractivity contribution in [2.45, 2.75) is 12.8 Å². The topological polar surface area (TPSA) is 89.9 Å². The standard InChI is InChI=1S/C17H16N4O3/c1-24-15-5-3-12(4-6-15)9-14(22)10-13-11-18-17(20-16(13)23)21-8-2-7-19-21/h2-8,11H,9-10H2,1H3,(H,18,20,23). The lowest BCUT2D eigenvalue weighted by Gasteiger charge is -2.04. The van der Waals surface area contributed by atoms with E-state index in [4.69, 9.17) is 4.74 Å². The van der Waals surface area contributed by atoms with E-state index in [9.17, 15) is 9.59 Å². The van der Waals surface area contributed by atoms with E-state index < -0.39 is 0 Å². The van der Waals surface area contributed by atoms with Gasteiger partial charge in [-0.2, -0.15) is 5.10 Å². The van der Waals surface area contributed by atoms with E-state index in [0.29, 0.717) is 11.5 Å². The Kier molecular flexibility index (Phi) is 4.51. The number of benzene rings is 1. The van der Waals surface area contributed by atoms with Gasteiger partial charge in [-0.15, -0.1) is 0 Å². The lowest BCUT2D eigenvalue weighted by Crippen LogP contribution is -2.20. The number of nitrogens with zero attached hydrogens (tertiary/aromatic N) is 3. The normalized spacial score (nSPS) is 10.5. The number of methoxy groups -OCH3 is 1. The van der Waals surface area contributed by atoms with Crippen molar-refractivity contribution >= 4 is 5.78 Å². The minimum Gasteiger partial charge on any atom is -0.497 e. The molecule has 0 fully saturated rings. The number of rotatable bonds is 6. The van der Waals surface area contributed by atoms with Crippen molar-refractivity contribution in [1.82, 2.24) is 19.7 Å². The van der Waals surface area contributed by atoms with Gasteiger partial charge in [-0.3, -0.25) is 14.6 Å². The number of carbonyl (C=O) groups is 1. The molecule has 0 bridgehead atoms. The zero-order valence-electron chi connectivity index (χ0n) is 13.1. The summed E-state index contributed by atoms with van der Waals surface area (Å²) in [4.78, 5) is 31.0. The molecule has 24 heavy (non-hydrogen) atoms. The summed E-state index contributed by atoms with van der Waals surface area (Å²) in [5.74, 6) is 0.997. The molecule has 0 aliphatic rings. The summed E-state index contributed by atoms with van der Waals surface area (Å²) in [5.41, 5.74) is 0.876. The van der Waals surface area contributed by atoms with Crippen molar-refractivity contribution in [3.05, 3.63) is 70.4 Å². The summed E-state index contributed by atoms with van der Waals surface area (Å²) < 4.78 is 6.53. The molecule has 0 atom stereocenters. The second-order valence-electron chi connectivity index (χ2n) is 5.25. The van der Waals surface area contributed by atoms with E-state index >= 15 is 0 Å². The van der Waals surface area contributed by atoms with E-state index in [-0.39, 0.29) is 24.2 Å². The summed E-state index contributed by atoms with van der Waals surface area (Å²) in [6.07, 6.45) is 4.97. The van der Waals surface area contributed by atoms with Gasteiger partial charge in [0.1, 0.15) is 11.5 Å². The van der Waals surface area contributed by atoms with Gasteiger partial charge in [0.2, 0.25) is 5.95 Å². The lowest BCUT2D eigenvalue weighted by atomic mass is 10.0. The Morgan fingerprint density at radius 3 is 2.67 bits per heavy atom. The molecule has 3 aromatic rings. The van der Waals surface area contributed by atoms with Crippen LogP contribution < -0.4 is 10.3 Å². The Labute approximate surface area is 137 Å². The van der Waals surface area contributed by atoms with Gasteiger partial charge in [0.15, 0.2) is 0 Å². The zero-order valence-corrected chi connectivity index (χ0v) is 13.1. The van der Waals surface area contributed by atoms with Crippen molar-refractivity contribution in [3.8, 4) is 11.7 Å². The van der Waals surface area contributed by atoms with E-state index in [1.807, 2.05) is 12.1 Å². The van der Waals surface area contributed by atoms with Crippen LogP contribution in [0.4, 0.5) is 0 Å². The summed E-state index contributed by atoms with van der Waals surface area (Å²) >= 11 is 0. The van der Waals surface area contributed by atoms with Crippen LogP contribution >= 0.6 is 0 Å². The molecule has 0 saturated heterocycles. The maximum absolute atomic E-state index is 12.2. The van der Waals surface area contributed by atoms with Crippen LogP contribution in [-0.4, -0.2) is 32.6 Å². The van der Waals surface area contributed by atoms with Gasteiger partial charge >= 0.3 is 0 Å². The molecular formula is C17H16N4O3. The van der Waals surface area contributed by atoms with Gasteiger partial charge in [-0.1, -0.05) is 12.1 Å². The van der Waals surface area contributed by atoms with E-state index in [1.54, 1.807) is 37.7 Å². The Balaban J connectivity index is 1.68. The molecule has 7 nitrogen and oxygen atoms in total. The predicted octanol–water partition coefficient (Wildman–Crippen LogP) is 1.32. The highest BCUT2D eigenvalue weighted by molar-refractivity contribution is 5.83. The fourth-order valence-electron chi connectivity index (χ4n) is 2.29. The van der Waals surface area contributed by atoms with Crippen LogP contribution in [0.25, 0.3) is 5.95 Å². The molecule has 0 radical (unpaired) electrons. The molecule has 3 rings (SSSR count). The first-order valence-electron chi connectivity index (χ1n) is 7.38. The highest BCUT2D eigenvalue weighted by Gasteiger charge is 2.10. The number of aromatic nitrogens is 4. The Morgan fingerprint density at radius 2 is 2.04 bits per heavy atom. The summed E-state index contributed by atoms with van der Waals surface area (Å²) in [6, 6.07) is 9.00. The number of ether oxygens (including phenoxy) is 1. The van der Waals surface area contributed by atoms with Crippen molar-refractivity contribution in [2.75, 3.05) is 7.11 Å². The lowest BCUT2D eigenvalue weighted by molar-refractivity contribution is -0.117. The molecule has 1 aromatic carbocycles. The second kappa shape index (κ2) is 6.91. The molecule has 122 valence electrons. The van der Waals surface area contributed by atoms with Crippen LogP contribution in [0, 0.1) is 0 Å². The molecule has 2 aromatic heterocycles. The van der Waals surface area contributed by atoms with E-state index in [2.05, 4.69) is 15.1 Å². The van der Waals surface area contributed by atoms with Crippen molar-refractivity contribution in [2.24, 2.45) is 0 Å². The predicted molar refractivity (Wildman–Crippen MR) is 87.4 cm³/mol. The molecule has 0 unspecified atom stereocenters. The first kappa shape index (κ1) is 15.7. The number of hydrogen-bond acceptors (Lipinski definition) is 5. The third-order valence-electron chi connectivity index (χ3n) is 3.53. The zero-order chi connectivity index (χ0) is 16.9. The number of aromatic amines is 1. The third kappa shape index (κ3) is 3.57. The maximum Gasteiger partial charge on any atom is 0.255 e. The summed E-state index contributed by atoms with van der Waals surface area (Å²) in [7, 11) is 1.59. The Bertz CT molecular complexity index is 883. The number of nitrogens with one attached hydrogen (secondary N) is 1. The molecular weight excluding hydrogens is 308 g/mol. The molecule has 0 aliphatic heterocycles. The fraction of sp³-hybridized carbons (Fsp3) is 0.176. The van der Waals surface area contributed by atoms with Gasteiger partial charge in [0.05, 0.1) is 7.11 Å². The largest absolute Gasteiger partial charge is 0.497 e. The molecule has 0 saturated carbocycles. The van der Waals surface area contributed by atoms with E-state index in [1.165, 1.54) is 10.9 Å². The van der Waals surface area contributed by atoms with Crippen LogP contribution in [0.3, 0.4) is 0 Å². The van der Waals surface area contributed by atoms with Gasteiger partial charge in [-0.25, -0.2) is 9.67 Å². The van der Waals surface area contributed by atoms with Gasteiger partial charge in [0, 0.05) is 37.0 Å². The summed E-state index contributed by atoms with van der Waals surface area (Å²) in [6.45, 7) is 0. The van der Waals surface area contributed by atoms with Crippen molar-refractivity contribution < 1.29 is 9.53 Å². The van der Waals surface area contributed by atoms with Gasteiger partial charge < -0.3 is 4.74 Å². The van der Waals surface area contributed by atoms with E-state index in [0.717, 1.165) is 11.3 Å². The minimum absolute atomic E-state index is 0.0355. The minimum atomic E-state index is -0.335. The monoisotopic (exact) mass is 324 g/mol. The maximum atomic E-state index is 12.2. The fourth-order valence-corrected chi connectivity index (χ4v) is 2.29. The van der Waals surface area contributed by atoms with Crippen LogP contribution in [0.1, 0.15) is 11.1 Å². The number of hydrogen-bond donors (Lipinski definition) is 1. The highest BCUT2D eigenvalue weighted by atomic mass is 16.5. The Hall–Kier alpha value is -3.22. The molecule has 0 amide bonds. The SMILES string of the molecule is COc1ccc(CC(=O)Cc2cnc(-n3cccn3)[nH]c2=O)cc1. The molecule has 2 heterocycles. The number of H-pyrrole nitrogens is 1. The van der Waals surface area contributed by atoms with Crippen LogP contribution in [0.2, 0.25) is 0 Å². The number of carbonyl (C=O) groups excluding carboxylic acids is 1. The first-order chi connectivity index (χ1) is 11.7. The third-order valence-corrected chi connectivity index (χ3v) is 3.53. The van der Waals surface area contributed by atoms with Gasteiger partial charge in [-0.05, 0) is 23.8 Å². The average Bonchev–Trinajstić information content (AvgIpc) is 3.12. The van der Waals surface area contributed by atoms with Crippen molar-refractivity contribution in [3.63, 3.8) is 0 Å². The quantitative estimate of drug-likeness (QED) is 0.738. The second-order valence-corrected chi connectivity index (χ2v) is 5.25. The highest BCUT2D eigenvalue weighted by Crippen LogP contribution is 2.12. The number of ketones is 1. The van der Waals surface area contributed by atoms with Crippen LogP contribution in [0.5, 0.6) is 5.75 Å². The van der Waals surface area contributed by atoms with Crippen LogP contribution in [-0.2, 0) is 17.6 Å². The van der Waals surface area contributed by atoms with Crippen molar-refractivity contribution in [1.29, 1.82) is 0 Å².